The standard InChI is InChI=1S/C12H21N5S/c1-17-5-6-18-8-11(17)10(16-14)7-9-3-2-4-15-12(9)13/h2-4,10-11,16H,5-8,14H2,1H3,(H2,13,15). The molecule has 1 aromatic rings. The lowest BCUT2D eigenvalue weighted by Gasteiger charge is -2.37. The minimum atomic E-state index is 0.203. The molecule has 1 aromatic heterocycles. The minimum absolute atomic E-state index is 0.203. The maximum absolute atomic E-state index is 5.89. The van der Waals surface area contributed by atoms with E-state index in [4.69, 9.17) is 11.6 Å². The fourth-order valence-corrected chi connectivity index (χ4v) is 3.61. The second-order valence-corrected chi connectivity index (χ2v) is 5.80. The lowest BCUT2D eigenvalue weighted by molar-refractivity contribution is 0.214. The van der Waals surface area contributed by atoms with Crippen LogP contribution in [0.1, 0.15) is 5.56 Å². The number of rotatable bonds is 4. The molecule has 2 atom stereocenters. The summed E-state index contributed by atoms with van der Waals surface area (Å²) < 4.78 is 0. The molecule has 0 bridgehead atoms. The summed E-state index contributed by atoms with van der Waals surface area (Å²) in [4.78, 5) is 6.49. The highest BCUT2D eigenvalue weighted by Crippen LogP contribution is 2.20. The second kappa shape index (κ2) is 6.38. The van der Waals surface area contributed by atoms with Gasteiger partial charge in [0.2, 0.25) is 0 Å². The van der Waals surface area contributed by atoms with Crippen LogP contribution in [0, 0.1) is 0 Å². The van der Waals surface area contributed by atoms with Gasteiger partial charge in [-0.15, -0.1) is 0 Å². The molecule has 6 heteroatoms. The summed E-state index contributed by atoms with van der Waals surface area (Å²) in [7, 11) is 2.15. The summed E-state index contributed by atoms with van der Waals surface area (Å²) in [6.45, 7) is 1.11. The van der Waals surface area contributed by atoms with Gasteiger partial charge in [0.25, 0.3) is 0 Å². The molecule has 1 aliphatic rings. The maximum Gasteiger partial charge on any atom is 0.126 e. The Morgan fingerprint density at radius 1 is 1.67 bits per heavy atom. The molecular weight excluding hydrogens is 246 g/mol. The minimum Gasteiger partial charge on any atom is -0.383 e. The van der Waals surface area contributed by atoms with Gasteiger partial charge >= 0.3 is 0 Å². The van der Waals surface area contributed by atoms with Crippen molar-refractivity contribution in [1.29, 1.82) is 0 Å². The Bertz CT molecular complexity index is 386. The van der Waals surface area contributed by atoms with Crippen LogP contribution in [0.2, 0.25) is 0 Å². The van der Waals surface area contributed by atoms with Crippen LogP contribution in [-0.4, -0.2) is 47.1 Å². The fraction of sp³-hybridized carbons (Fsp3) is 0.583. The van der Waals surface area contributed by atoms with Gasteiger partial charge in [0, 0.05) is 36.3 Å². The van der Waals surface area contributed by atoms with Crippen molar-refractivity contribution >= 4 is 17.6 Å². The number of aromatic nitrogens is 1. The van der Waals surface area contributed by atoms with Gasteiger partial charge in [-0.2, -0.15) is 11.8 Å². The van der Waals surface area contributed by atoms with Gasteiger partial charge in [0.1, 0.15) is 5.82 Å². The van der Waals surface area contributed by atoms with Gasteiger partial charge in [-0.3, -0.25) is 11.3 Å². The molecule has 0 aliphatic carbocycles. The molecule has 0 amide bonds. The van der Waals surface area contributed by atoms with Crippen LogP contribution >= 0.6 is 11.8 Å². The molecule has 5 N–H and O–H groups in total. The van der Waals surface area contributed by atoms with Crippen LogP contribution in [0.3, 0.4) is 0 Å². The molecule has 5 nitrogen and oxygen atoms in total. The summed E-state index contributed by atoms with van der Waals surface area (Å²) >= 11 is 1.98. The number of hydrogen-bond donors (Lipinski definition) is 3. The largest absolute Gasteiger partial charge is 0.383 e. The first kappa shape index (κ1) is 13.6. The van der Waals surface area contributed by atoms with E-state index in [0.717, 1.165) is 24.3 Å². The van der Waals surface area contributed by atoms with Gasteiger partial charge in [-0.25, -0.2) is 4.98 Å². The van der Waals surface area contributed by atoms with Crippen LogP contribution < -0.4 is 17.0 Å². The van der Waals surface area contributed by atoms with Gasteiger partial charge in [-0.05, 0) is 25.1 Å². The van der Waals surface area contributed by atoms with Crippen molar-refractivity contribution in [3.05, 3.63) is 23.9 Å². The van der Waals surface area contributed by atoms with Crippen molar-refractivity contribution < 1.29 is 0 Å². The van der Waals surface area contributed by atoms with E-state index in [1.165, 1.54) is 5.75 Å². The molecule has 0 radical (unpaired) electrons. The number of hydrogen-bond acceptors (Lipinski definition) is 6. The summed E-state index contributed by atoms with van der Waals surface area (Å²) in [5.41, 5.74) is 9.89. The zero-order valence-electron chi connectivity index (χ0n) is 10.7. The number of nitrogen functional groups attached to an aromatic ring is 1. The van der Waals surface area contributed by atoms with Crippen molar-refractivity contribution in [3.63, 3.8) is 0 Å². The highest BCUT2D eigenvalue weighted by molar-refractivity contribution is 7.99. The number of pyridine rings is 1. The molecular formula is C12H21N5S. The van der Waals surface area contributed by atoms with E-state index in [-0.39, 0.29) is 6.04 Å². The normalized spacial score (nSPS) is 22.9. The van der Waals surface area contributed by atoms with Crippen molar-refractivity contribution in [3.8, 4) is 0 Å². The Labute approximate surface area is 112 Å². The second-order valence-electron chi connectivity index (χ2n) is 4.65. The summed E-state index contributed by atoms with van der Waals surface area (Å²) in [6.07, 6.45) is 2.53. The monoisotopic (exact) mass is 267 g/mol. The third kappa shape index (κ3) is 3.14. The predicted molar refractivity (Wildman–Crippen MR) is 77.2 cm³/mol. The van der Waals surface area contributed by atoms with Crippen LogP contribution in [0.15, 0.2) is 18.3 Å². The van der Waals surface area contributed by atoms with Gasteiger partial charge in [-0.1, -0.05) is 6.07 Å². The first-order chi connectivity index (χ1) is 8.72. The lowest BCUT2D eigenvalue weighted by atomic mass is 10.0. The van der Waals surface area contributed by atoms with Crippen LogP contribution in [0.5, 0.6) is 0 Å². The molecule has 2 rings (SSSR count). The predicted octanol–water partition coefficient (Wildman–Crippen LogP) is 0.0854. The number of hydrazine groups is 1. The Morgan fingerprint density at radius 2 is 2.50 bits per heavy atom. The molecule has 2 unspecified atom stereocenters. The van der Waals surface area contributed by atoms with E-state index in [9.17, 15) is 0 Å². The zero-order valence-corrected chi connectivity index (χ0v) is 11.5. The van der Waals surface area contributed by atoms with Crippen molar-refractivity contribution in [1.82, 2.24) is 15.3 Å². The Balaban J connectivity index is 2.07. The first-order valence-electron chi connectivity index (χ1n) is 6.16. The third-order valence-electron chi connectivity index (χ3n) is 3.49. The summed E-state index contributed by atoms with van der Waals surface area (Å²) in [5.74, 6) is 8.61. The van der Waals surface area contributed by atoms with E-state index in [1.807, 2.05) is 23.9 Å². The van der Waals surface area contributed by atoms with E-state index >= 15 is 0 Å². The van der Waals surface area contributed by atoms with E-state index < -0.39 is 0 Å². The molecule has 100 valence electrons. The number of likely N-dealkylation sites (N-methyl/N-ethyl adjacent to an activating group) is 1. The third-order valence-corrected chi connectivity index (χ3v) is 4.54. The smallest absolute Gasteiger partial charge is 0.126 e. The van der Waals surface area contributed by atoms with Gasteiger partial charge in [0.05, 0.1) is 0 Å². The Morgan fingerprint density at radius 3 is 3.17 bits per heavy atom. The Kier molecular flexibility index (Phi) is 4.82. The molecule has 0 aromatic carbocycles. The van der Waals surface area contributed by atoms with Crippen molar-refractivity contribution in [2.75, 3.05) is 30.8 Å². The summed E-state index contributed by atoms with van der Waals surface area (Å²) in [5, 5.41) is 0. The topological polar surface area (TPSA) is 80.2 Å². The maximum atomic E-state index is 5.89. The molecule has 1 saturated heterocycles. The van der Waals surface area contributed by atoms with Crippen LogP contribution in [-0.2, 0) is 6.42 Å². The number of nitrogens with zero attached hydrogens (tertiary/aromatic N) is 2. The average molecular weight is 267 g/mol. The van der Waals surface area contributed by atoms with Crippen molar-refractivity contribution in [2.24, 2.45) is 5.84 Å². The average Bonchev–Trinajstić information content (AvgIpc) is 2.39. The SMILES string of the molecule is CN1CCSCC1C(Cc1cccnc1N)NN. The number of nitrogens with one attached hydrogen (secondary N) is 1. The molecule has 18 heavy (non-hydrogen) atoms. The molecule has 0 saturated carbocycles. The van der Waals surface area contributed by atoms with Crippen LogP contribution in [0.25, 0.3) is 0 Å². The molecule has 1 aliphatic heterocycles. The molecule has 1 fully saturated rings. The molecule has 0 spiro atoms. The highest BCUT2D eigenvalue weighted by Gasteiger charge is 2.27. The van der Waals surface area contributed by atoms with E-state index in [0.29, 0.717) is 11.9 Å². The quantitative estimate of drug-likeness (QED) is 0.530. The number of anilines is 1. The molecule has 2 heterocycles. The van der Waals surface area contributed by atoms with Crippen molar-refractivity contribution in [2.45, 2.75) is 18.5 Å². The first-order valence-corrected chi connectivity index (χ1v) is 7.31. The zero-order chi connectivity index (χ0) is 13.0. The number of nitrogens with two attached hydrogens (primary N) is 2. The lowest BCUT2D eigenvalue weighted by Crippen LogP contribution is -2.55. The summed E-state index contributed by atoms with van der Waals surface area (Å²) in [6, 6.07) is 4.57. The van der Waals surface area contributed by atoms with Gasteiger partial charge in [0.15, 0.2) is 0 Å². The van der Waals surface area contributed by atoms with Gasteiger partial charge < -0.3 is 10.6 Å². The highest BCUT2D eigenvalue weighted by atomic mass is 32.2. The van der Waals surface area contributed by atoms with E-state index in [1.54, 1.807) is 6.20 Å². The van der Waals surface area contributed by atoms with Crippen LogP contribution in [0.4, 0.5) is 5.82 Å². The van der Waals surface area contributed by atoms with E-state index in [2.05, 4.69) is 22.4 Å². The number of thioether (sulfide) groups is 1. The Hall–Kier alpha value is -0.820. The fourth-order valence-electron chi connectivity index (χ4n) is 2.30.